The van der Waals surface area contributed by atoms with E-state index >= 15 is 0 Å². The lowest BCUT2D eigenvalue weighted by Gasteiger charge is -2.44. The third-order valence-corrected chi connectivity index (χ3v) is 19.2. The van der Waals surface area contributed by atoms with Crippen LogP contribution in [0.4, 0.5) is 0 Å². The molecule has 0 aromatic heterocycles. The molecule has 10 rings (SSSR count). The van der Waals surface area contributed by atoms with Crippen LogP contribution >= 0.6 is 0 Å². The molecule has 0 spiro atoms. The van der Waals surface area contributed by atoms with E-state index < -0.39 is 0 Å². The highest BCUT2D eigenvalue weighted by Crippen LogP contribution is 2.58. The largest absolute Gasteiger partial charge is 0.0594 e. The minimum absolute atomic E-state index is 0.640. The normalized spacial score (nSPS) is 32.7. The van der Waals surface area contributed by atoms with Gasteiger partial charge in [-0.2, -0.15) is 0 Å². The number of fused-ring (bicyclic) bond motifs is 5. The molecular formula is C56H102. The van der Waals surface area contributed by atoms with Gasteiger partial charge in [0.2, 0.25) is 0 Å². The Morgan fingerprint density at radius 1 is 0.268 bits per heavy atom. The second-order valence-electron chi connectivity index (χ2n) is 23.2. The summed E-state index contributed by atoms with van der Waals surface area (Å²) in [6.45, 7) is 5.14. The van der Waals surface area contributed by atoms with Crippen molar-refractivity contribution in [2.24, 2.45) is 64.6 Å². The Morgan fingerprint density at radius 2 is 0.554 bits per heavy atom. The molecule has 0 aliphatic heterocycles. The molecule has 326 valence electrons. The molecule has 56 heavy (non-hydrogen) atoms. The van der Waals surface area contributed by atoms with Gasteiger partial charge < -0.3 is 0 Å². The van der Waals surface area contributed by atoms with Gasteiger partial charge in [0.25, 0.3) is 0 Å². The molecule has 10 saturated carbocycles. The van der Waals surface area contributed by atoms with Gasteiger partial charge >= 0.3 is 0 Å². The van der Waals surface area contributed by atoms with E-state index in [4.69, 9.17) is 0 Å². The third-order valence-electron chi connectivity index (χ3n) is 19.2. The Hall–Kier alpha value is 0. The van der Waals surface area contributed by atoms with E-state index in [1.54, 1.807) is 96.3 Å². The average Bonchev–Trinajstić information content (AvgIpc) is 4.05. The SMILES string of the molecule is C1CC2C3CCC(C3)C2C1.C1CCC(C2CCCCC2)CC1.C1CCC(CC2CCCCC2)CC1.C1CCCCC1.CC(C)(C1CCCCC1)C1CCCCC1. The van der Waals surface area contributed by atoms with Crippen LogP contribution in [0.15, 0.2) is 0 Å². The van der Waals surface area contributed by atoms with Gasteiger partial charge in [-0.25, -0.2) is 0 Å². The zero-order valence-electron chi connectivity index (χ0n) is 38.7. The molecule has 0 heterocycles. The summed E-state index contributed by atoms with van der Waals surface area (Å²) >= 11 is 0. The molecular weight excluding hydrogens is 673 g/mol. The molecule has 0 aromatic carbocycles. The van der Waals surface area contributed by atoms with Crippen molar-refractivity contribution < 1.29 is 0 Å². The van der Waals surface area contributed by atoms with Gasteiger partial charge in [0.1, 0.15) is 0 Å². The fourth-order valence-electron chi connectivity index (χ4n) is 15.6. The van der Waals surface area contributed by atoms with Crippen molar-refractivity contribution in [3.63, 3.8) is 0 Å². The highest BCUT2D eigenvalue weighted by atomic mass is 14.5. The smallest absolute Gasteiger partial charge is 0.0298 e. The van der Waals surface area contributed by atoms with Crippen LogP contribution in [0.2, 0.25) is 0 Å². The van der Waals surface area contributed by atoms with Crippen LogP contribution in [-0.4, -0.2) is 0 Å². The van der Waals surface area contributed by atoms with Crippen molar-refractivity contribution in [1.82, 2.24) is 0 Å². The highest BCUT2D eigenvalue weighted by Gasteiger charge is 2.49. The summed E-state index contributed by atoms with van der Waals surface area (Å²) in [4.78, 5) is 0. The Labute approximate surface area is 353 Å². The van der Waals surface area contributed by atoms with Crippen molar-refractivity contribution in [1.29, 1.82) is 0 Å². The summed E-state index contributed by atoms with van der Waals surface area (Å²) in [6.07, 6.45) is 65.9. The van der Waals surface area contributed by atoms with Crippen molar-refractivity contribution in [3.8, 4) is 0 Å². The molecule has 0 radical (unpaired) electrons. The van der Waals surface area contributed by atoms with Crippen LogP contribution in [0.3, 0.4) is 0 Å². The minimum atomic E-state index is 0.640. The van der Waals surface area contributed by atoms with E-state index in [1.807, 2.05) is 0 Å². The van der Waals surface area contributed by atoms with E-state index in [2.05, 4.69) is 13.8 Å². The van der Waals surface area contributed by atoms with Crippen LogP contribution in [0.1, 0.15) is 290 Å². The second-order valence-corrected chi connectivity index (χ2v) is 23.2. The molecule has 0 aromatic rings. The highest BCUT2D eigenvalue weighted by molar-refractivity contribution is 4.99. The van der Waals surface area contributed by atoms with Gasteiger partial charge in [-0.3, -0.25) is 0 Å². The lowest BCUT2D eigenvalue weighted by atomic mass is 9.61. The number of rotatable bonds is 5. The van der Waals surface area contributed by atoms with Gasteiger partial charge in [-0.05, 0) is 129 Å². The van der Waals surface area contributed by atoms with E-state index in [9.17, 15) is 0 Å². The standard InChI is InChI=1S/C15H28.C13H24.C12H22.C10H16.C6H12/c1-15(2,13-9-5-3-6-10-13)14-11-7-4-8-12-14;1-3-7-12(8-4-1)11-13-9-5-2-6-10-13;1-3-7-11(8-4-1)12-9-5-2-6-10-12;1-2-9-7-4-5-8(6-7)10(9)3-1;1-2-4-6-5-3-1/h13-14H,3-12H2,1-2H3;12-13H,1-11H2;11-12H,1-10H2;7-10H,1-6H2;1-6H2. The quantitative estimate of drug-likeness (QED) is 0.261. The first-order valence-corrected chi connectivity index (χ1v) is 27.6. The van der Waals surface area contributed by atoms with Crippen LogP contribution in [0.5, 0.6) is 0 Å². The summed E-state index contributed by atoms with van der Waals surface area (Å²) in [6, 6.07) is 0. The zero-order valence-corrected chi connectivity index (χ0v) is 38.7. The predicted octanol–water partition coefficient (Wildman–Crippen LogP) is 19.0. The van der Waals surface area contributed by atoms with Crippen LogP contribution in [0.25, 0.3) is 0 Å². The molecule has 4 unspecified atom stereocenters. The Morgan fingerprint density at radius 3 is 0.893 bits per heavy atom. The van der Waals surface area contributed by atoms with Gasteiger partial charge in [0.05, 0.1) is 0 Å². The molecule has 0 amide bonds. The Kier molecular flexibility index (Phi) is 20.9. The number of hydrogen-bond acceptors (Lipinski definition) is 0. The first-order valence-electron chi connectivity index (χ1n) is 27.6. The molecule has 10 fully saturated rings. The first-order chi connectivity index (χ1) is 27.6. The second kappa shape index (κ2) is 25.7. The molecule has 0 heteroatoms. The zero-order chi connectivity index (χ0) is 38.7. The lowest BCUT2D eigenvalue weighted by molar-refractivity contribution is 0.0587. The monoisotopic (exact) mass is 775 g/mol. The van der Waals surface area contributed by atoms with Gasteiger partial charge in [0.15, 0.2) is 0 Å². The Bertz CT molecular complexity index is 872. The van der Waals surface area contributed by atoms with E-state index in [0.29, 0.717) is 5.41 Å². The van der Waals surface area contributed by atoms with Crippen molar-refractivity contribution >= 4 is 0 Å². The maximum atomic E-state index is 2.57. The molecule has 10 aliphatic rings. The fourth-order valence-corrected chi connectivity index (χ4v) is 15.6. The van der Waals surface area contributed by atoms with E-state index in [-0.39, 0.29) is 0 Å². The molecule has 0 N–H and O–H groups in total. The lowest BCUT2D eigenvalue weighted by Crippen LogP contribution is -2.35. The maximum absolute atomic E-state index is 2.57. The topological polar surface area (TPSA) is 0 Å². The molecule has 4 atom stereocenters. The van der Waals surface area contributed by atoms with Gasteiger partial charge in [0, 0.05) is 0 Å². The fraction of sp³-hybridized carbons (Fsp3) is 1.00. The van der Waals surface area contributed by atoms with E-state index in [0.717, 1.165) is 35.5 Å². The first kappa shape index (κ1) is 45.5. The molecule has 0 saturated heterocycles. The van der Waals surface area contributed by atoms with Gasteiger partial charge in [-0.1, -0.05) is 226 Å². The summed E-state index contributed by atoms with van der Waals surface area (Å²) < 4.78 is 0. The van der Waals surface area contributed by atoms with Gasteiger partial charge in [-0.15, -0.1) is 0 Å². The van der Waals surface area contributed by atoms with Crippen LogP contribution in [0, 0.1) is 64.6 Å². The van der Waals surface area contributed by atoms with Crippen molar-refractivity contribution in [3.05, 3.63) is 0 Å². The minimum Gasteiger partial charge on any atom is -0.0594 e. The molecule has 2 bridgehead atoms. The summed E-state index contributed by atoms with van der Waals surface area (Å²) in [5, 5.41) is 0. The summed E-state index contributed by atoms with van der Waals surface area (Å²) in [5.74, 6) is 11.4. The molecule has 10 aliphatic carbocycles. The van der Waals surface area contributed by atoms with Crippen LogP contribution in [-0.2, 0) is 0 Å². The predicted molar refractivity (Wildman–Crippen MR) is 247 cm³/mol. The Balaban J connectivity index is 0.000000121. The summed E-state index contributed by atoms with van der Waals surface area (Å²) in [5.41, 5.74) is 0.640. The third kappa shape index (κ3) is 14.9. The summed E-state index contributed by atoms with van der Waals surface area (Å²) in [7, 11) is 0. The number of hydrogen-bond donors (Lipinski definition) is 0. The van der Waals surface area contributed by atoms with E-state index in [1.165, 1.54) is 203 Å². The van der Waals surface area contributed by atoms with Crippen molar-refractivity contribution in [2.45, 2.75) is 290 Å². The maximum Gasteiger partial charge on any atom is -0.0298 e. The average molecular weight is 775 g/mol. The molecule has 0 nitrogen and oxygen atoms in total. The van der Waals surface area contributed by atoms with Crippen LogP contribution < -0.4 is 0 Å². The van der Waals surface area contributed by atoms with Crippen molar-refractivity contribution in [2.75, 3.05) is 0 Å².